The molecule has 0 bridgehead atoms. The number of aliphatic hydroxyl groups is 1. The van der Waals surface area contributed by atoms with Crippen LogP contribution in [0.2, 0.25) is 5.02 Å². The SMILES string of the molecule is COc1ccc(/C(O)=C2\C(=O)C(=O)N(Cc3ccccn3)C2c2ccccc2F)cc1Cl. The number of amides is 1. The highest BCUT2D eigenvalue weighted by Crippen LogP contribution is 2.41. The zero-order valence-electron chi connectivity index (χ0n) is 17.0. The first-order chi connectivity index (χ1) is 15.4. The molecule has 0 radical (unpaired) electrons. The molecule has 162 valence electrons. The summed E-state index contributed by atoms with van der Waals surface area (Å²) in [6, 6.07) is 14.3. The van der Waals surface area contributed by atoms with Crippen molar-refractivity contribution in [1.29, 1.82) is 0 Å². The predicted octanol–water partition coefficient (Wildman–Crippen LogP) is 4.50. The van der Waals surface area contributed by atoms with E-state index >= 15 is 0 Å². The summed E-state index contributed by atoms with van der Waals surface area (Å²) in [6.45, 7) is -0.0371. The Bertz CT molecular complexity index is 1230. The van der Waals surface area contributed by atoms with E-state index in [0.29, 0.717) is 11.4 Å². The molecule has 4 rings (SSSR count). The number of carbonyl (C=O) groups excluding carboxylic acids is 2. The van der Waals surface area contributed by atoms with Crippen molar-refractivity contribution in [1.82, 2.24) is 9.88 Å². The minimum atomic E-state index is -1.14. The van der Waals surface area contributed by atoms with Crippen LogP contribution in [0.4, 0.5) is 4.39 Å². The Kier molecular flexibility index (Phi) is 5.92. The Morgan fingerprint density at radius 1 is 1.16 bits per heavy atom. The maximum Gasteiger partial charge on any atom is 0.296 e. The topological polar surface area (TPSA) is 79.7 Å². The van der Waals surface area contributed by atoms with E-state index < -0.39 is 29.3 Å². The van der Waals surface area contributed by atoms with Gasteiger partial charge in [-0.2, -0.15) is 0 Å². The van der Waals surface area contributed by atoms with E-state index in [9.17, 15) is 19.1 Å². The van der Waals surface area contributed by atoms with Gasteiger partial charge in [0.15, 0.2) is 0 Å². The Balaban J connectivity index is 1.89. The van der Waals surface area contributed by atoms with Gasteiger partial charge < -0.3 is 14.7 Å². The van der Waals surface area contributed by atoms with E-state index in [-0.39, 0.29) is 28.3 Å². The quantitative estimate of drug-likeness (QED) is 0.350. The second kappa shape index (κ2) is 8.80. The molecule has 0 spiro atoms. The third-order valence-electron chi connectivity index (χ3n) is 5.22. The second-order valence-electron chi connectivity index (χ2n) is 7.12. The summed E-state index contributed by atoms with van der Waals surface area (Å²) >= 11 is 6.17. The summed E-state index contributed by atoms with van der Waals surface area (Å²) in [5.74, 6) is -2.46. The highest BCUT2D eigenvalue weighted by Gasteiger charge is 2.47. The number of nitrogens with zero attached hydrogens (tertiary/aromatic N) is 2. The maximum atomic E-state index is 14.8. The Hall–Kier alpha value is -3.71. The van der Waals surface area contributed by atoms with Crippen LogP contribution in [0, 0.1) is 5.82 Å². The van der Waals surface area contributed by atoms with Gasteiger partial charge in [0.1, 0.15) is 17.3 Å². The highest BCUT2D eigenvalue weighted by atomic mass is 35.5. The third kappa shape index (κ3) is 3.83. The molecule has 0 aliphatic carbocycles. The number of methoxy groups -OCH3 is 1. The Morgan fingerprint density at radius 2 is 1.91 bits per heavy atom. The second-order valence-corrected chi connectivity index (χ2v) is 7.53. The summed E-state index contributed by atoms with van der Waals surface area (Å²) in [5, 5.41) is 11.3. The zero-order valence-corrected chi connectivity index (χ0v) is 17.7. The fraction of sp³-hybridized carbons (Fsp3) is 0.125. The van der Waals surface area contributed by atoms with Crippen LogP contribution in [0.25, 0.3) is 5.76 Å². The molecule has 1 saturated heterocycles. The molecular formula is C24H18ClFN2O4. The molecule has 2 heterocycles. The highest BCUT2D eigenvalue weighted by molar-refractivity contribution is 6.46. The Morgan fingerprint density at radius 3 is 2.56 bits per heavy atom. The lowest BCUT2D eigenvalue weighted by Crippen LogP contribution is -2.30. The molecule has 1 atom stereocenters. The van der Waals surface area contributed by atoms with Gasteiger partial charge in [-0.1, -0.05) is 35.9 Å². The molecule has 1 N–H and O–H groups in total. The van der Waals surface area contributed by atoms with Gasteiger partial charge in [-0.25, -0.2) is 4.39 Å². The van der Waals surface area contributed by atoms with Crippen LogP contribution in [0.3, 0.4) is 0 Å². The lowest BCUT2D eigenvalue weighted by atomic mass is 9.95. The van der Waals surface area contributed by atoms with Gasteiger partial charge in [-0.3, -0.25) is 14.6 Å². The summed E-state index contributed by atoms with van der Waals surface area (Å²) < 4.78 is 19.9. The predicted molar refractivity (Wildman–Crippen MR) is 116 cm³/mol. The molecule has 8 heteroatoms. The molecule has 1 fully saturated rings. The maximum absolute atomic E-state index is 14.8. The molecule has 1 amide bonds. The van der Waals surface area contributed by atoms with Crippen molar-refractivity contribution in [2.75, 3.05) is 7.11 Å². The molecule has 3 aromatic rings. The lowest BCUT2D eigenvalue weighted by molar-refractivity contribution is -0.140. The number of likely N-dealkylation sites (tertiary alicyclic amines) is 1. The fourth-order valence-electron chi connectivity index (χ4n) is 3.70. The van der Waals surface area contributed by atoms with Gasteiger partial charge in [-0.15, -0.1) is 0 Å². The van der Waals surface area contributed by atoms with Crippen LogP contribution in [0.15, 0.2) is 72.4 Å². The van der Waals surface area contributed by atoms with E-state index in [1.54, 1.807) is 30.5 Å². The number of pyridine rings is 1. The van der Waals surface area contributed by atoms with Crippen LogP contribution < -0.4 is 4.74 Å². The van der Waals surface area contributed by atoms with E-state index in [1.165, 1.54) is 48.4 Å². The first-order valence-electron chi connectivity index (χ1n) is 9.69. The van der Waals surface area contributed by atoms with Crippen molar-refractivity contribution in [2.45, 2.75) is 12.6 Å². The molecule has 1 aromatic heterocycles. The van der Waals surface area contributed by atoms with E-state index in [2.05, 4.69) is 4.98 Å². The number of aromatic nitrogens is 1. The van der Waals surface area contributed by atoms with Crippen LogP contribution in [-0.4, -0.2) is 33.8 Å². The molecule has 0 saturated carbocycles. The molecule has 1 aliphatic rings. The van der Waals surface area contributed by atoms with Crippen molar-refractivity contribution < 1.29 is 23.8 Å². The van der Waals surface area contributed by atoms with Crippen molar-refractivity contribution in [3.8, 4) is 5.75 Å². The molecule has 2 aromatic carbocycles. The Labute approximate surface area is 188 Å². The minimum Gasteiger partial charge on any atom is -0.507 e. The van der Waals surface area contributed by atoms with Crippen LogP contribution in [0.5, 0.6) is 5.75 Å². The number of Topliss-reactive ketones (excluding diaryl/α,β-unsaturated/α-hetero) is 1. The third-order valence-corrected chi connectivity index (χ3v) is 5.52. The number of ether oxygens (including phenoxy) is 1. The zero-order chi connectivity index (χ0) is 22.8. The van der Waals surface area contributed by atoms with Gasteiger partial charge in [0.05, 0.1) is 36.0 Å². The molecule has 1 aliphatic heterocycles. The average molecular weight is 453 g/mol. The van der Waals surface area contributed by atoms with Gasteiger partial charge in [-0.05, 0) is 36.4 Å². The van der Waals surface area contributed by atoms with Crippen LogP contribution in [0.1, 0.15) is 22.9 Å². The number of halogens is 2. The summed E-state index contributed by atoms with van der Waals surface area (Å²) in [5.41, 5.74) is 0.581. The first kappa shape index (κ1) is 21.5. The summed E-state index contributed by atoms with van der Waals surface area (Å²) in [4.78, 5) is 31.4. The number of hydrogen-bond donors (Lipinski definition) is 1. The number of ketones is 1. The lowest BCUT2D eigenvalue weighted by Gasteiger charge is -2.25. The number of carbonyl (C=O) groups is 2. The van der Waals surface area contributed by atoms with Crippen molar-refractivity contribution >= 4 is 29.1 Å². The smallest absolute Gasteiger partial charge is 0.296 e. The molecular weight excluding hydrogens is 435 g/mol. The van der Waals surface area contributed by atoms with E-state index in [0.717, 1.165) is 0 Å². The van der Waals surface area contributed by atoms with Gasteiger partial charge in [0.2, 0.25) is 0 Å². The standard InChI is InChI=1S/C24H18ClFN2O4/c1-32-19-10-9-14(12-17(19)25)22(29)20-21(16-7-2-3-8-18(16)26)28(24(31)23(20)30)13-15-6-4-5-11-27-15/h2-12,21,29H,13H2,1H3/b22-20+. The van der Waals surface area contributed by atoms with Gasteiger partial charge in [0.25, 0.3) is 11.7 Å². The minimum absolute atomic E-state index is 0.0371. The number of aliphatic hydroxyl groups excluding tert-OH is 1. The number of hydrogen-bond acceptors (Lipinski definition) is 5. The molecule has 6 nitrogen and oxygen atoms in total. The van der Waals surface area contributed by atoms with Crippen molar-refractivity contribution in [3.05, 3.63) is 100 Å². The largest absolute Gasteiger partial charge is 0.507 e. The molecule has 1 unspecified atom stereocenters. The monoisotopic (exact) mass is 452 g/mol. The van der Waals surface area contributed by atoms with Crippen LogP contribution in [-0.2, 0) is 16.1 Å². The van der Waals surface area contributed by atoms with Crippen molar-refractivity contribution in [3.63, 3.8) is 0 Å². The summed E-state index contributed by atoms with van der Waals surface area (Å²) in [6.07, 6.45) is 1.56. The number of rotatable bonds is 5. The van der Waals surface area contributed by atoms with Crippen LogP contribution >= 0.6 is 11.6 Å². The van der Waals surface area contributed by atoms with Gasteiger partial charge in [0, 0.05) is 17.3 Å². The first-order valence-corrected chi connectivity index (χ1v) is 10.1. The fourth-order valence-corrected chi connectivity index (χ4v) is 3.96. The van der Waals surface area contributed by atoms with E-state index in [1.807, 2.05) is 0 Å². The summed E-state index contributed by atoms with van der Waals surface area (Å²) in [7, 11) is 1.45. The van der Waals surface area contributed by atoms with Gasteiger partial charge >= 0.3 is 0 Å². The van der Waals surface area contributed by atoms with Crippen molar-refractivity contribution in [2.24, 2.45) is 0 Å². The normalized spacial score (nSPS) is 17.6. The average Bonchev–Trinajstić information content (AvgIpc) is 3.04. The van der Waals surface area contributed by atoms with E-state index in [4.69, 9.17) is 16.3 Å². The molecule has 32 heavy (non-hydrogen) atoms. The number of benzene rings is 2.